The molecule has 0 spiro atoms. The molecule has 0 aliphatic carbocycles. The van der Waals surface area contributed by atoms with Crippen LogP contribution in [0.25, 0.3) is 21.9 Å². The number of aromatic carboxylic acids is 1. The number of ether oxygens (including phenoxy) is 1. The number of carboxylic acid groups (broad SMARTS) is 1. The maximum Gasteiger partial charge on any atom is 0.240 e. The molecule has 0 saturated heterocycles. The fourth-order valence-electron chi connectivity index (χ4n) is 2.99. The lowest BCUT2D eigenvalue weighted by molar-refractivity contribution is -0.255. The van der Waals surface area contributed by atoms with Gasteiger partial charge in [-0.05, 0) is 54.1 Å². The van der Waals surface area contributed by atoms with Crippen molar-refractivity contribution in [2.75, 3.05) is 13.2 Å². The van der Waals surface area contributed by atoms with Gasteiger partial charge in [0.05, 0.1) is 10.9 Å². The second kappa shape index (κ2) is 7.57. The molecule has 0 saturated carbocycles. The van der Waals surface area contributed by atoms with Gasteiger partial charge in [0.1, 0.15) is 23.5 Å². The molecular weight excluding hydrogens is 394 g/mol. The van der Waals surface area contributed by atoms with Crippen LogP contribution in [0.5, 0.6) is 5.75 Å². The van der Waals surface area contributed by atoms with Gasteiger partial charge in [-0.1, -0.05) is 18.2 Å². The number of benzene rings is 3. The summed E-state index contributed by atoms with van der Waals surface area (Å²) in [7, 11) is -3.73. The Bertz CT molecular complexity index is 1290. The largest absolute Gasteiger partial charge is 0.545 e. The molecule has 0 radical (unpaired) electrons. The summed E-state index contributed by atoms with van der Waals surface area (Å²) < 4.78 is 38.8. The van der Waals surface area contributed by atoms with E-state index in [-0.39, 0.29) is 23.6 Å². The van der Waals surface area contributed by atoms with Gasteiger partial charge in [-0.25, -0.2) is 13.1 Å². The van der Waals surface area contributed by atoms with Crippen LogP contribution < -0.4 is 14.6 Å². The van der Waals surface area contributed by atoms with Crippen molar-refractivity contribution in [3.63, 3.8) is 0 Å². The van der Waals surface area contributed by atoms with Crippen molar-refractivity contribution in [2.45, 2.75) is 4.90 Å². The SMILES string of the molecule is O=C([O-])c1ccc(OCCNS(=O)(=O)c2ccc3oc4ccccc4c3c2)cc1. The van der Waals surface area contributed by atoms with Crippen molar-refractivity contribution in [1.82, 2.24) is 4.72 Å². The summed E-state index contributed by atoms with van der Waals surface area (Å²) >= 11 is 0. The molecule has 0 amide bonds. The van der Waals surface area contributed by atoms with Crippen LogP contribution in [0, 0.1) is 0 Å². The number of carboxylic acids is 1. The van der Waals surface area contributed by atoms with Gasteiger partial charge < -0.3 is 19.1 Å². The zero-order chi connectivity index (χ0) is 20.4. The number of hydrogen-bond donors (Lipinski definition) is 1. The number of carbonyl (C=O) groups excluding carboxylic acids is 1. The summed E-state index contributed by atoms with van der Waals surface area (Å²) in [5.41, 5.74) is 1.36. The number of furan rings is 1. The Hall–Kier alpha value is -3.36. The third-order valence-electron chi connectivity index (χ3n) is 4.41. The van der Waals surface area contributed by atoms with Crippen LogP contribution in [0.15, 0.2) is 76.0 Å². The van der Waals surface area contributed by atoms with Crippen molar-refractivity contribution in [3.05, 3.63) is 72.3 Å². The van der Waals surface area contributed by atoms with E-state index >= 15 is 0 Å². The monoisotopic (exact) mass is 410 g/mol. The van der Waals surface area contributed by atoms with E-state index in [1.807, 2.05) is 24.3 Å². The Morgan fingerprint density at radius 1 is 0.966 bits per heavy atom. The Morgan fingerprint density at radius 2 is 1.69 bits per heavy atom. The summed E-state index contributed by atoms with van der Waals surface area (Å²) in [6.45, 7) is 0.134. The van der Waals surface area contributed by atoms with Crippen molar-refractivity contribution in [2.24, 2.45) is 0 Å². The molecule has 1 heterocycles. The second-order valence-electron chi connectivity index (χ2n) is 6.31. The average Bonchev–Trinajstić information content (AvgIpc) is 3.09. The zero-order valence-electron chi connectivity index (χ0n) is 15.1. The van der Waals surface area contributed by atoms with Gasteiger partial charge in [-0.2, -0.15) is 0 Å². The first-order chi connectivity index (χ1) is 13.9. The predicted molar refractivity (Wildman–Crippen MR) is 105 cm³/mol. The first-order valence-corrected chi connectivity index (χ1v) is 10.3. The highest BCUT2D eigenvalue weighted by Crippen LogP contribution is 2.30. The third kappa shape index (κ3) is 3.94. The summed E-state index contributed by atoms with van der Waals surface area (Å²) in [5.74, 6) is -0.841. The Labute approximate surface area is 166 Å². The van der Waals surface area contributed by atoms with E-state index in [9.17, 15) is 18.3 Å². The lowest BCUT2D eigenvalue weighted by atomic mass is 10.1. The van der Waals surface area contributed by atoms with Crippen LogP contribution in [0.1, 0.15) is 10.4 Å². The van der Waals surface area contributed by atoms with Gasteiger partial charge in [0, 0.05) is 17.3 Å². The molecule has 0 fully saturated rings. The average molecular weight is 410 g/mol. The number of fused-ring (bicyclic) bond motifs is 3. The van der Waals surface area contributed by atoms with E-state index in [2.05, 4.69) is 4.72 Å². The number of hydrogen-bond acceptors (Lipinski definition) is 6. The molecule has 0 bridgehead atoms. The van der Waals surface area contributed by atoms with E-state index < -0.39 is 16.0 Å². The maximum atomic E-state index is 12.6. The smallest absolute Gasteiger partial charge is 0.240 e. The first-order valence-electron chi connectivity index (χ1n) is 8.79. The number of rotatable bonds is 7. The molecule has 29 heavy (non-hydrogen) atoms. The predicted octanol–water partition coefficient (Wildman–Crippen LogP) is 2.31. The summed E-state index contributed by atoms with van der Waals surface area (Å²) in [5, 5.41) is 12.3. The van der Waals surface area contributed by atoms with Crippen LogP contribution in [0.4, 0.5) is 0 Å². The number of carbonyl (C=O) groups is 1. The maximum absolute atomic E-state index is 12.6. The van der Waals surface area contributed by atoms with Gasteiger partial charge in [-0.3, -0.25) is 0 Å². The molecule has 1 N–H and O–H groups in total. The van der Waals surface area contributed by atoms with Crippen LogP contribution in [-0.4, -0.2) is 27.5 Å². The zero-order valence-corrected chi connectivity index (χ0v) is 15.9. The number of para-hydroxylation sites is 1. The highest BCUT2D eigenvalue weighted by molar-refractivity contribution is 7.89. The summed E-state index contributed by atoms with van der Waals surface area (Å²) in [4.78, 5) is 10.9. The van der Waals surface area contributed by atoms with Crippen LogP contribution in [0.3, 0.4) is 0 Å². The fraction of sp³-hybridized carbons (Fsp3) is 0.0952. The Morgan fingerprint density at radius 3 is 2.45 bits per heavy atom. The van der Waals surface area contributed by atoms with Gasteiger partial charge in [-0.15, -0.1) is 0 Å². The molecule has 0 unspecified atom stereocenters. The lowest BCUT2D eigenvalue weighted by Gasteiger charge is -2.09. The van der Waals surface area contributed by atoms with Crippen molar-refractivity contribution in [3.8, 4) is 5.75 Å². The quantitative estimate of drug-likeness (QED) is 0.468. The molecule has 4 aromatic rings. The summed E-state index contributed by atoms with van der Waals surface area (Å²) in [6, 6.07) is 17.8. The number of nitrogens with one attached hydrogen (secondary N) is 1. The minimum absolute atomic E-state index is 0.0419. The van der Waals surface area contributed by atoms with Gasteiger partial charge in [0.25, 0.3) is 0 Å². The summed E-state index contributed by atoms with van der Waals surface area (Å²) in [6.07, 6.45) is 0. The third-order valence-corrected chi connectivity index (χ3v) is 5.87. The number of sulfonamides is 1. The standard InChI is InChI=1S/C21H17NO6S/c23-21(24)14-5-7-15(8-6-14)27-12-11-22-29(25,26)16-9-10-20-18(13-16)17-3-1-2-4-19(17)28-20/h1-10,13,22H,11-12H2,(H,23,24)/p-1. The lowest BCUT2D eigenvalue weighted by Crippen LogP contribution is -2.28. The van der Waals surface area contributed by atoms with Crippen LogP contribution >= 0.6 is 0 Å². The molecule has 1 aromatic heterocycles. The Kier molecular flexibility index (Phi) is 4.96. The molecule has 3 aromatic carbocycles. The van der Waals surface area contributed by atoms with E-state index in [0.717, 1.165) is 10.8 Å². The first kappa shape index (κ1) is 19.0. The molecule has 0 aliphatic heterocycles. The van der Waals surface area contributed by atoms with Crippen LogP contribution in [-0.2, 0) is 10.0 Å². The van der Waals surface area contributed by atoms with Crippen LogP contribution in [0.2, 0.25) is 0 Å². The van der Waals surface area contributed by atoms with Gasteiger partial charge in [0.2, 0.25) is 10.0 Å². The molecule has 0 aliphatic rings. The highest BCUT2D eigenvalue weighted by Gasteiger charge is 2.16. The van der Waals surface area contributed by atoms with E-state index in [4.69, 9.17) is 9.15 Å². The van der Waals surface area contributed by atoms with Gasteiger partial charge in [0.15, 0.2) is 0 Å². The molecule has 4 rings (SSSR count). The molecule has 7 nitrogen and oxygen atoms in total. The second-order valence-corrected chi connectivity index (χ2v) is 8.08. The Balaban J connectivity index is 1.43. The van der Waals surface area contributed by atoms with Crippen molar-refractivity contribution >= 4 is 37.9 Å². The van der Waals surface area contributed by atoms with Crippen molar-refractivity contribution < 1.29 is 27.5 Å². The topological polar surface area (TPSA) is 109 Å². The fourth-order valence-corrected chi connectivity index (χ4v) is 4.03. The minimum Gasteiger partial charge on any atom is -0.545 e. The normalized spacial score (nSPS) is 11.7. The van der Waals surface area contributed by atoms with E-state index in [0.29, 0.717) is 16.9 Å². The van der Waals surface area contributed by atoms with Crippen molar-refractivity contribution in [1.29, 1.82) is 0 Å². The van der Waals surface area contributed by atoms with E-state index in [1.165, 1.54) is 30.3 Å². The molecule has 8 heteroatoms. The molecule has 0 atom stereocenters. The van der Waals surface area contributed by atoms with E-state index in [1.54, 1.807) is 12.1 Å². The molecular formula is C21H16NO6S-. The van der Waals surface area contributed by atoms with Gasteiger partial charge >= 0.3 is 0 Å². The minimum atomic E-state index is -3.73. The highest BCUT2D eigenvalue weighted by atomic mass is 32.2. The molecule has 148 valence electrons.